The molecule has 27 heavy (non-hydrogen) atoms. The van der Waals surface area contributed by atoms with Gasteiger partial charge < -0.3 is 9.15 Å². The topological polar surface area (TPSA) is 80.1 Å². The van der Waals surface area contributed by atoms with Gasteiger partial charge in [0, 0.05) is 6.04 Å². The van der Waals surface area contributed by atoms with Crippen LogP contribution in [0.2, 0.25) is 0 Å². The Morgan fingerprint density at radius 1 is 1.07 bits per heavy atom. The van der Waals surface area contributed by atoms with Gasteiger partial charge in [-0.15, -0.1) is 0 Å². The van der Waals surface area contributed by atoms with Crippen molar-refractivity contribution in [3.8, 4) is 5.75 Å². The van der Waals surface area contributed by atoms with Gasteiger partial charge in [-0.05, 0) is 49.8 Å². The highest BCUT2D eigenvalue weighted by atomic mass is 16.5. The molecule has 1 aromatic heterocycles. The Kier molecular flexibility index (Phi) is 5.12. The average Bonchev–Trinajstić information content (AvgIpc) is 3.16. The van der Waals surface area contributed by atoms with E-state index in [0.29, 0.717) is 17.1 Å². The minimum Gasteiger partial charge on any atom is -0.497 e. The second-order valence-corrected chi connectivity index (χ2v) is 6.35. The molecule has 3 rings (SSSR count). The summed E-state index contributed by atoms with van der Waals surface area (Å²) in [5.41, 5.74) is 0.587. The minimum atomic E-state index is -0.650. The molecule has 1 fully saturated rings. The largest absolute Gasteiger partial charge is 0.497 e. The molecule has 1 aliphatic rings. The van der Waals surface area contributed by atoms with Gasteiger partial charge >= 0.3 is 6.03 Å². The molecule has 7 heteroatoms. The molecule has 140 valence electrons. The highest BCUT2D eigenvalue weighted by Crippen LogP contribution is 2.24. The van der Waals surface area contributed by atoms with E-state index in [4.69, 9.17) is 9.15 Å². The number of benzene rings is 1. The fraction of sp³-hybridized carbons (Fsp3) is 0.250. The lowest BCUT2D eigenvalue weighted by atomic mass is 10.0. The molecule has 1 aromatic carbocycles. The summed E-state index contributed by atoms with van der Waals surface area (Å²) in [5.74, 6) is -0.129. The predicted molar refractivity (Wildman–Crippen MR) is 97.6 cm³/mol. The second-order valence-electron chi connectivity index (χ2n) is 6.35. The van der Waals surface area contributed by atoms with Crippen molar-refractivity contribution >= 4 is 23.9 Å². The third kappa shape index (κ3) is 3.62. The number of rotatable bonds is 5. The fourth-order valence-corrected chi connectivity index (χ4v) is 2.81. The third-order valence-corrected chi connectivity index (χ3v) is 4.20. The summed E-state index contributed by atoms with van der Waals surface area (Å²) < 4.78 is 10.4. The van der Waals surface area contributed by atoms with Gasteiger partial charge in [-0.1, -0.05) is 12.1 Å². The van der Waals surface area contributed by atoms with Crippen LogP contribution in [0.15, 0.2) is 52.7 Å². The molecule has 1 saturated heterocycles. The number of nitrogens with zero attached hydrogens (tertiary/aromatic N) is 2. The lowest BCUT2D eigenvalue weighted by Gasteiger charge is -2.35. The zero-order chi connectivity index (χ0) is 19.6. The Bertz CT molecular complexity index is 882. The van der Waals surface area contributed by atoms with Crippen LogP contribution < -0.4 is 4.74 Å². The number of carbonyl (C=O) groups is 3. The molecule has 0 bridgehead atoms. The van der Waals surface area contributed by atoms with Crippen LogP contribution in [0, 0.1) is 0 Å². The van der Waals surface area contributed by atoms with Crippen molar-refractivity contribution in [2.24, 2.45) is 0 Å². The normalized spacial score (nSPS) is 16.6. The van der Waals surface area contributed by atoms with Gasteiger partial charge in [-0.3, -0.25) is 19.4 Å². The Labute approximate surface area is 156 Å². The maximum absolute atomic E-state index is 12.9. The highest BCUT2D eigenvalue weighted by Gasteiger charge is 2.43. The number of urea groups is 1. The molecule has 4 amide bonds. The second kappa shape index (κ2) is 7.49. The van der Waals surface area contributed by atoms with Crippen molar-refractivity contribution in [1.82, 2.24) is 9.80 Å². The van der Waals surface area contributed by atoms with Crippen molar-refractivity contribution in [2.75, 3.05) is 7.11 Å². The van der Waals surface area contributed by atoms with Crippen molar-refractivity contribution in [3.05, 3.63) is 59.6 Å². The Morgan fingerprint density at radius 2 is 1.78 bits per heavy atom. The number of methoxy groups -OCH3 is 1. The first kappa shape index (κ1) is 18.4. The van der Waals surface area contributed by atoms with Crippen LogP contribution in [0.5, 0.6) is 5.75 Å². The molecule has 0 aliphatic carbocycles. The highest BCUT2D eigenvalue weighted by molar-refractivity contribution is 6.30. The van der Waals surface area contributed by atoms with E-state index >= 15 is 0 Å². The summed E-state index contributed by atoms with van der Waals surface area (Å²) in [5, 5.41) is 0. The van der Waals surface area contributed by atoms with Crippen molar-refractivity contribution in [3.63, 3.8) is 0 Å². The van der Waals surface area contributed by atoms with Gasteiger partial charge in [0.2, 0.25) is 0 Å². The SMILES string of the molecule is COc1ccc(C=C2C(=O)N(Cc3ccco3)C(=O)N(C(C)C)C2=O)cc1. The van der Waals surface area contributed by atoms with Gasteiger partial charge in [-0.2, -0.15) is 0 Å². The molecule has 0 radical (unpaired) electrons. The van der Waals surface area contributed by atoms with Crippen molar-refractivity contribution in [1.29, 1.82) is 0 Å². The predicted octanol–water partition coefficient (Wildman–Crippen LogP) is 3.07. The first-order valence-electron chi connectivity index (χ1n) is 8.50. The quantitative estimate of drug-likeness (QED) is 0.598. The molecule has 0 spiro atoms. The maximum Gasteiger partial charge on any atom is 0.334 e. The Hall–Kier alpha value is -3.35. The van der Waals surface area contributed by atoms with E-state index in [1.807, 2.05) is 0 Å². The zero-order valence-electron chi connectivity index (χ0n) is 15.3. The number of hydrogen-bond acceptors (Lipinski definition) is 5. The van der Waals surface area contributed by atoms with Crippen molar-refractivity contribution < 1.29 is 23.5 Å². The van der Waals surface area contributed by atoms with E-state index in [0.717, 1.165) is 9.80 Å². The minimum absolute atomic E-state index is 0.0406. The molecule has 2 aromatic rings. The van der Waals surface area contributed by atoms with E-state index in [2.05, 4.69) is 0 Å². The zero-order valence-corrected chi connectivity index (χ0v) is 15.3. The fourth-order valence-electron chi connectivity index (χ4n) is 2.81. The molecule has 0 N–H and O–H groups in total. The Morgan fingerprint density at radius 3 is 2.33 bits per heavy atom. The van der Waals surface area contributed by atoms with Crippen LogP contribution >= 0.6 is 0 Å². The number of furan rings is 1. The summed E-state index contributed by atoms with van der Waals surface area (Å²) in [7, 11) is 1.56. The number of barbiturate groups is 1. The monoisotopic (exact) mass is 368 g/mol. The van der Waals surface area contributed by atoms with Gasteiger partial charge in [0.25, 0.3) is 11.8 Å². The van der Waals surface area contributed by atoms with E-state index in [1.165, 1.54) is 12.3 Å². The summed E-state index contributed by atoms with van der Waals surface area (Å²) in [4.78, 5) is 40.5. The molecule has 0 saturated carbocycles. The summed E-state index contributed by atoms with van der Waals surface area (Å²) in [6.07, 6.45) is 2.95. The molecule has 0 atom stereocenters. The molecule has 2 heterocycles. The van der Waals surface area contributed by atoms with E-state index in [1.54, 1.807) is 57.4 Å². The van der Waals surface area contributed by atoms with Crippen LogP contribution in [0.4, 0.5) is 4.79 Å². The number of hydrogen-bond donors (Lipinski definition) is 0. The number of carbonyl (C=O) groups excluding carboxylic acids is 3. The van der Waals surface area contributed by atoms with Gasteiger partial charge in [0.1, 0.15) is 17.1 Å². The van der Waals surface area contributed by atoms with Crippen LogP contribution in [-0.2, 0) is 16.1 Å². The van der Waals surface area contributed by atoms with Crippen LogP contribution in [0.25, 0.3) is 6.08 Å². The molecule has 0 unspecified atom stereocenters. The van der Waals surface area contributed by atoms with E-state index in [-0.39, 0.29) is 12.1 Å². The number of imide groups is 2. The smallest absolute Gasteiger partial charge is 0.334 e. The first-order chi connectivity index (χ1) is 12.9. The van der Waals surface area contributed by atoms with Gasteiger partial charge in [0.15, 0.2) is 0 Å². The first-order valence-corrected chi connectivity index (χ1v) is 8.50. The van der Waals surface area contributed by atoms with Gasteiger partial charge in [0.05, 0.1) is 19.9 Å². The van der Waals surface area contributed by atoms with Crippen molar-refractivity contribution in [2.45, 2.75) is 26.4 Å². The summed E-state index contributed by atoms with van der Waals surface area (Å²) in [6, 6.07) is 9.24. The molecule has 1 aliphatic heterocycles. The Balaban J connectivity index is 1.99. The number of ether oxygens (including phenoxy) is 1. The van der Waals surface area contributed by atoms with Crippen LogP contribution in [-0.4, -0.2) is 40.8 Å². The summed E-state index contributed by atoms with van der Waals surface area (Å²) >= 11 is 0. The summed E-state index contributed by atoms with van der Waals surface area (Å²) in [6.45, 7) is 3.41. The molecular weight excluding hydrogens is 348 g/mol. The average molecular weight is 368 g/mol. The van der Waals surface area contributed by atoms with Gasteiger partial charge in [-0.25, -0.2) is 4.79 Å². The van der Waals surface area contributed by atoms with E-state index in [9.17, 15) is 14.4 Å². The molecular formula is C20H20N2O5. The third-order valence-electron chi connectivity index (χ3n) is 4.20. The number of amides is 4. The van der Waals surface area contributed by atoms with Crippen LogP contribution in [0.3, 0.4) is 0 Å². The van der Waals surface area contributed by atoms with Crippen LogP contribution in [0.1, 0.15) is 25.2 Å². The lowest BCUT2D eigenvalue weighted by molar-refractivity contribution is -0.137. The maximum atomic E-state index is 12.9. The molecule has 7 nitrogen and oxygen atoms in total. The standard InChI is InChI=1S/C20H20N2O5/c1-13(2)22-19(24)17(11-14-6-8-15(26-3)9-7-14)18(23)21(20(22)25)12-16-5-4-10-27-16/h4-11,13H,12H2,1-3H3. The van der Waals surface area contributed by atoms with E-state index < -0.39 is 23.9 Å². The lowest BCUT2D eigenvalue weighted by Crippen LogP contribution is -2.57.